The maximum absolute atomic E-state index is 14.1. The molecule has 3 aromatic rings. The maximum atomic E-state index is 14.1. The zero-order valence-corrected chi connectivity index (χ0v) is 20.0. The number of amides is 1. The van der Waals surface area contributed by atoms with Gasteiger partial charge in [-0.3, -0.25) is 4.90 Å². The van der Waals surface area contributed by atoms with Crippen molar-refractivity contribution in [3.63, 3.8) is 0 Å². The Morgan fingerprint density at radius 1 is 1.11 bits per heavy atom. The largest absolute Gasteiger partial charge is 0.444 e. The van der Waals surface area contributed by atoms with Crippen molar-refractivity contribution < 1.29 is 22.7 Å². The molecule has 2 aromatic heterocycles. The van der Waals surface area contributed by atoms with Crippen molar-refractivity contribution in [2.75, 3.05) is 31.2 Å². The second-order valence-electron chi connectivity index (χ2n) is 10.2. The van der Waals surface area contributed by atoms with E-state index in [0.29, 0.717) is 29.6 Å². The molecule has 0 spiro atoms. The van der Waals surface area contributed by atoms with E-state index >= 15 is 0 Å². The van der Waals surface area contributed by atoms with E-state index in [9.17, 15) is 18.0 Å². The van der Waals surface area contributed by atoms with Gasteiger partial charge < -0.3 is 14.2 Å². The summed E-state index contributed by atoms with van der Waals surface area (Å²) in [4.78, 5) is 25.0. The first kappa shape index (κ1) is 23.4. The molecule has 0 radical (unpaired) electrons. The summed E-state index contributed by atoms with van der Waals surface area (Å²) in [5.41, 5.74) is 1.20. The van der Waals surface area contributed by atoms with Crippen LogP contribution in [0.15, 0.2) is 30.7 Å². The summed E-state index contributed by atoms with van der Waals surface area (Å²) >= 11 is 0. The van der Waals surface area contributed by atoms with Gasteiger partial charge in [-0.2, -0.15) is 0 Å². The van der Waals surface area contributed by atoms with Crippen molar-refractivity contribution in [2.24, 2.45) is 0 Å². The SMILES string of the molecule is CC(C)(C)OC(=O)N1CCN(c2ncnc3c2c(C2CC2)cn3-c2cc(F)cc(F)c2)CC1CF. The summed E-state index contributed by atoms with van der Waals surface area (Å²) in [6, 6.07) is 2.67. The van der Waals surface area contributed by atoms with Crippen LogP contribution in [0.3, 0.4) is 0 Å². The lowest BCUT2D eigenvalue weighted by Gasteiger charge is -2.41. The van der Waals surface area contributed by atoms with Crippen LogP contribution in [0.5, 0.6) is 0 Å². The van der Waals surface area contributed by atoms with Gasteiger partial charge in [-0.1, -0.05) is 0 Å². The summed E-state index contributed by atoms with van der Waals surface area (Å²) in [7, 11) is 0. The third-order valence-corrected chi connectivity index (χ3v) is 6.32. The van der Waals surface area contributed by atoms with Gasteiger partial charge in [0.25, 0.3) is 0 Å². The van der Waals surface area contributed by atoms with Crippen LogP contribution in [0.1, 0.15) is 45.1 Å². The number of fused-ring (bicyclic) bond motifs is 1. The monoisotopic (exact) mass is 487 g/mol. The van der Waals surface area contributed by atoms with E-state index in [0.717, 1.165) is 29.9 Å². The third-order valence-electron chi connectivity index (χ3n) is 6.32. The second-order valence-corrected chi connectivity index (χ2v) is 10.2. The predicted octanol–water partition coefficient (Wildman–Crippen LogP) is 4.97. The maximum Gasteiger partial charge on any atom is 0.410 e. The standard InChI is InChI=1S/C25H28F3N5O2/c1-25(2,3)35-24(34)32-7-6-31(12-19(32)11-26)22-21-20(15-4-5-15)13-33(23(21)30-14-29-22)18-9-16(27)8-17(28)10-18/h8-10,13-15,19H,4-7,11-12H2,1-3H3. The molecule has 2 aliphatic rings. The summed E-state index contributed by atoms with van der Waals surface area (Å²) in [6.45, 7) is 5.57. The quantitative estimate of drug-likeness (QED) is 0.520. The molecule has 1 aromatic carbocycles. The number of halogens is 3. The average Bonchev–Trinajstić information content (AvgIpc) is 3.56. The minimum Gasteiger partial charge on any atom is -0.444 e. The van der Waals surface area contributed by atoms with E-state index in [4.69, 9.17) is 4.74 Å². The number of anilines is 1. The first-order valence-electron chi connectivity index (χ1n) is 11.8. The van der Waals surface area contributed by atoms with Crippen LogP contribution in [-0.2, 0) is 4.74 Å². The van der Waals surface area contributed by atoms with Crippen molar-refractivity contribution in [1.29, 1.82) is 0 Å². The summed E-state index contributed by atoms with van der Waals surface area (Å²) in [6.07, 6.45) is 4.75. The second kappa shape index (κ2) is 8.73. The molecule has 5 rings (SSSR count). The molecule has 1 saturated carbocycles. The fraction of sp³-hybridized carbons (Fsp3) is 0.480. The Hall–Kier alpha value is -3.30. The zero-order valence-electron chi connectivity index (χ0n) is 20.0. The average molecular weight is 488 g/mol. The van der Waals surface area contributed by atoms with Crippen LogP contribution < -0.4 is 4.90 Å². The van der Waals surface area contributed by atoms with Gasteiger partial charge in [0, 0.05) is 31.9 Å². The number of piperazine rings is 1. The molecular weight excluding hydrogens is 459 g/mol. The van der Waals surface area contributed by atoms with Crippen LogP contribution in [-0.4, -0.2) is 63.5 Å². The van der Waals surface area contributed by atoms with E-state index < -0.39 is 36.0 Å². The van der Waals surface area contributed by atoms with Crippen molar-refractivity contribution in [1.82, 2.24) is 19.4 Å². The lowest BCUT2D eigenvalue weighted by Crippen LogP contribution is -2.57. The molecule has 35 heavy (non-hydrogen) atoms. The van der Waals surface area contributed by atoms with Crippen LogP contribution in [0.4, 0.5) is 23.8 Å². The van der Waals surface area contributed by atoms with Crippen LogP contribution in [0.25, 0.3) is 16.7 Å². The summed E-state index contributed by atoms with van der Waals surface area (Å²) < 4.78 is 49.2. The van der Waals surface area contributed by atoms with Crippen molar-refractivity contribution >= 4 is 22.9 Å². The molecule has 1 aliphatic heterocycles. The number of carbonyl (C=O) groups excluding carboxylic acids is 1. The topological polar surface area (TPSA) is 63.5 Å². The number of ether oxygens (including phenoxy) is 1. The summed E-state index contributed by atoms with van der Waals surface area (Å²) in [5.74, 6) is -0.405. The molecule has 186 valence electrons. The first-order chi connectivity index (χ1) is 16.6. The molecule has 3 heterocycles. The molecule has 10 heteroatoms. The minimum atomic E-state index is -0.719. The number of benzene rings is 1. The van der Waals surface area contributed by atoms with Crippen LogP contribution >= 0.6 is 0 Å². The fourth-order valence-corrected chi connectivity index (χ4v) is 4.63. The highest BCUT2D eigenvalue weighted by Crippen LogP contribution is 2.46. The number of hydrogen-bond donors (Lipinski definition) is 0. The fourth-order valence-electron chi connectivity index (χ4n) is 4.63. The van der Waals surface area contributed by atoms with Gasteiger partial charge in [0.15, 0.2) is 0 Å². The molecular formula is C25H28F3N5O2. The smallest absolute Gasteiger partial charge is 0.410 e. The normalized spacial score (nSPS) is 18.9. The minimum absolute atomic E-state index is 0.242. The van der Waals surface area contributed by atoms with E-state index in [1.54, 1.807) is 25.3 Å². The molecule has 1 atom stereocenters. The van der Waals surface area contributed by atoms with Gasteiger partial charge in [-0.05, 0) is 57.2 Å². The van der Waals surface area contributed by atoms with Gasteiger partial charge >= 0.3 is 6.09 Å². The van der Waals surface area contributed by atoms with Crippen molar-refractivity contribution in [3.8, 4) is 5.69 Å². The Morgan fingerprint density at radius 3 is 2.46 bits per heavy atom. The number of carbonyl (C=O) groups is 1. The van der Waals surface area contributed by atoms with Gasteiger partial charge in [0.1, 0.15) is 41.7 Å². The Morgan fingerprint density at radius 2 is 1.83 bits per heavy atom. The van der Waals surface area contributed by atoms with Gasteiger partial charge in [0.2, 0.25) is 0 Å². The molecule has 2 fully saturated rings. The molecule has 0 bridgehead atoms. The van der Waals surface area contributed by atoms with Crippen molar-refractivity contribution in [2.45, 2.75) is 51.2 Å². The van der Waals surface area contributed by atoms with Gasteiger partial charge in [-0.15, -0.1) is 0 Å². The van der Waals surface area contributed by atoms with Gasteiger partial charge in [-0.25, -0.2) is 27.9 Å². The highest BCUT2D eigenvalue weighted by molar-refractivity contribution is 5.93. The Labute approximate surface area is 201 Å². The Bertz CT molecular complexity index is 1250. The number of nitrogens with zero attached hydrogens (tertiary/aromatic N) is 5. The molecule has 1 saturated heterocycles. The highest BCUT2D eigenvalue weighted by atomic mass is 19.1. The molecule has 0 N–H and O–H groups in total. The zero-order chi connectivity index (χ0) is 24.9. The van der Waals surface area contributed by atoms with Crippen molar-refractivity contribution in [3.05, 3.63) is 47.9 Å². The van der Waals surface area contributed by atoms with Crippen LogP contribution in [0.2, 0.25) is 0 Å². The molecule has 1 unspecified atom stereocenters. The lowest BCUT2D eigenvalue weighted by atomic mass is 10.1. The van der Waals surface area contributed by atoms with E-state index in [1.807, 2.05) is 11.1 Å². The third kappa shape index (κ3) is 4.66. The molecule has 7 nitrogen and oxygen atoms in total. The Kier molecular flexibility index (Phi) is 5.85. The number of alkyl halides is 1. The number of rotatable bonds is 4. The van der Waals surface area contributed by atoms with E-state index in [1.165, 1.54) is 23.4 Å². The van der Waals surface area contributed by atoms with E-state index in [-0.39, 0.29) is 13.1 Å². The number of hydrogen-bond acceptors (Lipinski definition) is 5. The van der Waals surface area contributed by atoms with E-state index in [2.05, 4.69) is 9.97 Å². The molecule has 1 aliphatic carbocycles. The highest BCUT2D eigenvalue weighted by Gasteiger charge is 2.36. The molecule has 1 amide bonds. The lowest BCUT2D eigenvalue weighted by molar-refractivity contribution is 0.0113. The number of aromatic nitrogens is 3. The first-order valence-corrected chi connectivity index (χ1v) is 11.8. The summed E-state index contributed by atoms with van der Waals surface area (Å²) in [5, 5.41) is 0.794. The Balaban J connectivity index is 1.52. The predicted molar refractivity (Wildman–Crippen MR) is 126 cm³/mol. The van der Waals surface area contributed by atoms with Gasteiger partial charge in [0.05, 0.1) is 17.1 Å². The van der Waals surface area contributed by atoms with Crippen LogP contribution in [0, 0.1) is 11.6 Å².